The molecule has 2 unspecified atom stereocenters. The van der Waals surface area contributed by atoms with Gasteiger partial charge in [0.1, 0.15) is 0 Å². The van der Waals surface area contributed by atoms with Gasteiger partial charge in [0.15, 0.2) is 0 Å². The lowest BCUT2D eigenvalue weighted by molar-refractivity contribution is 0.0978. The van der Waals surface area contributed by atoms with Crippen LogP contribution in [0.25, 0.3) is 0 Å². The SMILES string of the molecule is Cc1cc2c(n1CC(C)c1nccs1)CC(C)(C)CC2O. The Hall–Kier alpha value is -1.13. The van der Waals surface area contributed by atoms with E-state index in [0.717, 1.165) is 24.9 Å². The highest BCUT2D eigenvalue weighted by atomic mass is 32.1. The van der Waals surface area contributed by atoms with Crippen molar-refractivity contribution in [3.8, 4) is 0 Å². The third-order valence-electron chi connectivity index (χ3n) is 4.53. The van der Waals surface area contributed by atoms with Gasteiger partial charge in [-0.2, -0.15) is 0 Å². The molecule has 0 bridgehead atoms. The van der Waals surface area contributed by atoms with Gasteiger partial charge in [0.05, 0.1) is 11.1 Å². The molecule has 2 heterocycles. The van der Waals surface area contributed by atoms with Crippen LogP contribution in [-0.4, -0.2) is 14.7 Å². The molecule has 1 N–H and O–H groups in total. The lowest BCUT2D eigenvalue weighted by atomic mass is 9.75. The summed E-state index contributed by atoms with van der Waals surface area (Å²) in [5.74, 6) is 0.405. The summed E-state index contributed by atoms with van der Waals surface area (Å²) in [5.41, 5.74) is 3.87. The van der Waals surface area contributed by atoms with E-state index in [1.54, 1.807) is 11.3 Å². The second-order valence-electron chi connectivity index (χ2n) is 7.13. The van der Waals surface area contributed by atoms with Crippen LogP contribution in [0.15, 0.2) is 17.6 Å². The van der Waals surface area contributed by atoms with Crippen LogP contribution in [0.5, 0.6) is 0 Å². The molecule has 114 valence electrons. The van der Waals surface area contributed by atoms with Crippen LogP contribution < -0.4 is 0 Å². The molecule has 21 heavy (non-hydrogen) atoms. The number of rotatable bonds is 3. The molecular weight excluding hydrogens is 280 g/mol. The van der Waals surface area contributed by atoms with Crippen LogP contribution in [0.1, 0.15) is 61.2 Å². The summed E-state index contributed by atoms with van der Waals surface area (Å²) in [6.45, 7) is 9.81. The van der Waals surface area contributed by atoms with E-state index in [1.807, 2.05) is 11.6 Å². The van der Waals surface area contributed by atoms with Gasteiger partial charge in [-0.15, -0.1) is 11.3 Å². The van der Waals surface area contributed by atoms with Crippen LogP contribution in [0.4, 0.5) is 0 Å². The summed E-state index contributed by atoms with van der Waals surface area (Å²) in [4.78, 5) is 4.44. The topological polar surface area (TPSA) is 38.0 Å². The zero-order chi connectivity index (χ0) is 15.2. The van der Waals surface area contributed by atoms with E-state index in [0.29, 0.717) is 5.92 Å². The summed E-state index contributed by atoms with van der Waals surface area (Å²) >= 11 is 1.72. The first-order valence-electron chi connectivity index (χ1n) is 7.64. The second kappa shape index (κ2) is 5.25. The van der Waals surface area contributed by atoms with Gasteiger partial charge in [0.2, 0.25) is 0 Å². The fourth-order valence-corrected chi connectivity index (χ4v) is 4.17. The number of aryl methyl sites for hydroxylation is 1. The molecule has 0 fully saturated rings. The summed E-state index contributed by atoms with van der Waals surface area (Å²) in [7, 11) is 0. The minimum Gasteiger partial charge on any atom is -0.388 e. The van der Waals surface area contributed by atoms with E-state index in [9.17, 15) is 5.11 Å². The molecule has 2 aromatic heterocycles. The van der Waals surface area contributed by atoms with Crippen molar-refractivity contribution in [2.75, 3.05) is 0 Å². The first kappa shape index (κ1) is 14.8. The number of nitrogens with zero attached hydrogens (tertiary/aromatic N) is 2. The van der Waals surface area contributed by atoms with Crippen LogP contribution in [-0.2, 0) is 13.0 Å². The Balaban J connectivity index is 1.93. The average molecular weight is 304 g/mol. The molecule has 0 radical (unpaired) electrons. The van der Waals surface area contributed by atoms with E-state index >= 15 is 0 Å². The standard InChI is InChI=1S/C17H24N2OS/c1-11(16-18-5-6-21-16)10-19-12(2)7-13-14(19)8-17(3,4)9-15(13)20/h5-7,11,15,20H,8-10H2,1-4H3. The van der Waals surface area contributed by atoms with Crippen LogP contribution >= 0.6 is 11.3 Å². The largest absolute Gasteiger partial charge is 0.388 e. The van der Waals surface area contributed by atoms with Crippen LogP contribution in [0.3, 0.4) is 0 Å². The predicted molar refractivity (Wildman–Crippen MR) is 86.8 cm³/mol. The first-order chi connectivity index (χ1) is 9.87. The van der Waals surface area contributed by atoms with Crippen LogP contribution in [0, 0.1) is 12.3 Å². The highest BCUT2D eigenvalue weighted by Gasteiger charge is 2.34. The number of thiazole rings is 1. The zero-order valence-electron chi connectivity index (χ0n) is 13.3. The molecule has 2 aromatic rings. The van der Waals surface area contributed by atoms with Gasteiger partial charge in [-0.1, -0.05) is 20.8 Å². The van der Waals surface area contributed by atoms with Crippen molar-refractivity contribution in [2.45, 2.75) is 59.1 Å². The normalized spacial score (nSPS) is 22.0. The summed E-state index contributed by atoms with van der Waals surface area (Å²) in [6.07, 6.45) is 3.45. The van der Waals surface area contributed by atoms with Crippen molar-refractivity contribution >= 4 is 11.3 Å². The van der Waals surface area contributed by atoms with Gasteiger partial charge in [0.25, 0.3) is 0 Å². The van der Waals surface area contributed by atoms with Gasteiger partial charge in [0, 0.05) is 41.0 Å². The van der Waals surface area contributed by atoms with Gasteiger partial charge in [-0.05, 0) is 31.2 Å². The molecule has 3 rings (SSSR count). The number of aliphatic hydroxyl groups is 1. The molecule has 1 aliphatic carbocycles. The lowest BCUT2D eigenvalue weighted by Gasteiger charge is -2.34. The number of hydrogen-bond donors (Lipinski definition) is 1. The number of aromatic nitrogens is 2. The Kier molecular flexibility index (Phi) is 3.70. The second-order valence-corrected chi connectivity index (χ2v) is 8.06. The van der Waals surface area contributed by atoms with Gasteiger partial charge in [-0.25, -0.2) is 4.98 Å². The minimum absolute atomic E-state index is 0.166. The Morgan fingerprint density at radius 3 is 2.95 bits per heavy atom. The molecule has 3 nitrogen and oxygen atoms in total. The van der Waals surface area contributed by atoms with Crippen LogP contribution in [0.2, 0.25) is 0 Å². The number of aliphatic hydroxyl groups excluding tert-OH is 1. The number of fused-ring (bicyclic) bond motifs is 1. The molecular formula is C17H24N2OS. The molecule has 2 atom stereocenters. The Bertz CT molecular complexity index is 628. The van der Waals surface area contributed by atoms with Gasteiger partial charge in [-0.3, -0.25) is 0 Å². The zero-order valence-corrected chi connectivity index (χ0v) is 14.1. The summed E-state index contributed by atoms with van der Waals surface area (Å²) in [6, 6.07) is 2.17. The monoisotopic (exact) mass is 304 g/mol. The van der Waals surface area contributed by atoms with E-state index in [1.165, 1.54) is 16.4 Å². The smallest absolute Gasteiger partial charge is 0.0970 e. The maximum Gasteiger partial charge on any atom is 0.0970 e. The molecule has 0 spiro atoms. The molecule has 0 amide bonds. The lowest BCUT2D eigenvalue weighted by Crippen LogP contribution is -2.27. The molecule has 0 saturated heterocycles. The highest BCUT2D eigenvalue weighted by molar-refractivity contribution is 7.09. The van der Waals surface area contributed by atoms with Crippen molar-refractivity contribution in [1.29, 1.82) is 0 Å². The van der Waals surface area contributed by atoms with Crippen molar-refractivity contribution in [3.63, 3.8) is 0 Å². The van der Waals surface area contributed by atoms with Gasteiger partial charge < -0.3 is 9.67 Å². The van der Waals surface area contributed by atoms with E-state index in [-0.39, 0.29) is 11.5 Å². The van der Waals surface area contributed by atoms with Crippen molar-refractivity contribution in [2.24, 2.45) is 5.41 Å². The fourth-order valence-electron chi connectivity index (χ4n) is 3.48. The minimum atomic E-state index is -0.320. The average Bonchev–Trinajstić information content (AvgIpc) is 2.99. The van der Waals surface area contributed by atoms with Crippen molar-refractivity contribution in [3.05, 3.63) is 39.6 Å². The van der Waals surface area contributed by atoms with Gasteiger partial charge >= 0.3 is 0 Å². The molecule has 4 heteroatoms. The Morgan fingerprint density at radius 2 is 2.29 bits per heavy atom. The predicted octanol–water partition coefficient (Wildman–Crippen LogP) is 4.06. The fraction of sp³-hybridized carbons (Fsp3) is 0.588. The van der Waals surface area contributed by atoms with Crippen molar-refractivity contribution < 1.29 is 5.11 Å². The first-order valence-corrected chi connectivity index (χ1v) is 8.52. The quantitative estimate of drug-likeness (QED) is 0.928. The molecule has 0 aromatic carbocycles. The third kappa shape index (κ3) is 2.79. The molecule has 1 aliphatic rings. The third-order valence-corrected chi connectivity index (χ3v) is 5.54. The summed E-state index contributed by atoms with van der Waals surface area (Å²) < 4.78 is 2.39. The molecule has 0 saturated carbocycles. The van der Waals surface area contributed by atoms with Crippen molar-refractivity contribution in [1.82, 2.24) is 9.55 Å². The van der Waals surface area contributed by atoms with E-state index < -0.39 is 0 Å². The van der Waals surface area contributed by atoms with E-state index in [2.05, 4.69) is 43.3 Å². The molecule has 0 aliphatic heterocycles. The Labute approximate surface area is 130 Å². The maximum atomic E-state index is 10.4. The highest BCUT2D eigenvalue weighted by Crippen LogP contribution is 2.42. The van der Waals surface area contributed by atoms with E-state index in [4.69, 9.17) is 0 Å². The Morgan fingerprint density at radius 1 is 1.52 bits per heavy atom. The summed E-state index contributed by atoms with van der Waals surface area (Å²) in [5, 5.41) is 13.7. The maximum absolute atomic E-state index is 10.4. The number of hydrogen-bond acceptors (Lipinski definition) is 3.